The molecule has 0 radical (unpaired) electrons. The van der Waals surface area contributed by atoms with Gasteiger partial charge in [0.15, 0.2) is 17.2 Å². The summed E-state index contributed by atoms with van der Waals surface area (Å²) in [5.74, 6) is 1.43. The highest BCUT2D eigenvalue weighted by Gasteiger charge is 2.51. The van der Waals surface area contributed by atoms with Crippen molar-refractivity contribution in [3.8, 4) is 23.3 Å². The van der Waals surface area contributed by atoms with Crippen LogP contribution in [0.5, 0.6) is 17.2 Å². The van der Waals surface area contributed by atoms with Gasteiger partial charge in [0.1, 0.15) is 5.75 Å². The molecule has 0 bridgehead atoms. The molecule has 1 saturated heterocycles. The fourth-order valence-electron chi connectivity index (χ4n) is 4.21. The first kappa shape index (κ1) is 23.0. The number of carbonyl (C=O) groups excluding carboxylic acids is 1. The monoisotopic (exact) mass is 466 g/mol. The number of nitrogens with zero attached hydrogens (tertiary/aromatic N) is 2. The molecule has 2 aromatic rings. The van der Waals surface area contributed by atoms with Crippen molar-refractivity contribution in [2.24, 2.45) is 0 Å². The highest BCUT2D eigenvalue weighted by molar-refractivity contribution is 8.03. The summed E-state index contributed by atoms with van der Waals surface area (Å²) in [5, 5.41) is 22.1. The molecule has 8 heteroatoms. The summed E-state index contributed by atoms with van der Waals surface area (Å²) in [4.78, 5) is 14.7. The van der Waals surface area contributed by atoms with Crippen LogP contribution in [0.3, 0.4) is 0 Å². The highest BCUT2D eigenvalue weighted by atomic mass is 32.2. The second kappa shape index (κ2) is 9.38. The molecule has 2 atom stereocenters. The van der Waals surface area contributed by atoms with Gasteiger partial charge in [-0.1, -0.05) is 25.1 Å². The van der Waals surface area contributed by atoms with Crippen LogP contribution in [0, 0.1) is 11.3 Å². The van der Waals surface area contributed by atoms with E-state index in [1.54, 1.807) is 38.5 Å². The Morgan fingerprint density at radius 1 is 1.18 bits per heavy atom. The van der Waals surface area contributed by atoms with Crippen LogP contribution in [0.15, 0.2) is 53.1 Å². The van der Waals surface area contributed by atoms with Crippen LogP contribution in [0.1, 0.15) is 36.8 Å². The van der Waals surface area contributed by atoms with E-state index in [-0.39, 0.29) is 18.1 Å². The molecule has 4 rings (SSSR count). The molecule has 172 valence electrons. The van der Waals surface area contributed by atoms with Gasteiger partial charge in [-0.3, -0.25) is 9.69 Å². The molecule has 0 aliphatic carbocycles. The van der Waals surface area contributed by atoms with Gasteiger partial charge >= 0.3 is 0 Å². The summed E-state index contributed by atoms with van der Waals surface area (Å²) in [7, 11) is 3.14. The van der Waals surface area contributed by atoms with Crippen LogP contribution >= 0.6 is 11.8 Å². The molecule has 1 amide bonds. The first-order valence-electron chi connectivity index (χ1n) is 10.7. The summed E-state index contributed by atoms with van der Waals surface area (Å²) < 4.78 is 16.4. The van der Waals surface area contributed by atoms with Gasteiger partial charge in [0.25, 0.3) is 0 Å². The first-order chi connectivity index (χ1) is 16.0. The number of hydrogen-bond acceptors (Lipinski definition) is 7. The van der Waals surface area contributed by atoms with Crippen LogP contribution in [0.2, 0.25) is 0 Å². The smallest absolute Gasteiger partial charge is 0.231 e. The third kappa shape index (κ3) is 4.03. The van der Waals surface area contributed by atoms with Gasteiger partial charge in [-0.25, -0.2) is 0 Å². The minimum atomic E-state index is -1.52. The number of hydrogen-bond donors (Lipinski definition) is 1. The van der Waals surface area contributed by atoms with Crippen LogP contribution in [-0.2, 0) is 10.5 Å². The Morgan fingerprint density at radius 2 is 1.94 bits per heavy atom. The topological polar surface area (TPSA) is 92.0 Å². The largest absolute Gasteiger partial charge is 0.497 e. The van der Waals surface area contributed by atoms with Gasteiger partial charge in [0.05, 0.1) is 43.3 Å². The van der Waals surface area contributed by atoms with Crippen LogP contribution in [-0.4, -0.2) is 42.5 Å². The second-order valence-electron chi connectivity index (χ2n) is 7.91. The van der Waals surface area contributed by atoms with Crippen molar-refractivity contribution in [2.45, 2.75) is 31.4 Å². The third-order valence-corrected chi connectivity index (χ3v) is 7.14. The third-order valence-electron chi connectivity index (χ3n) is 5.91. The number of ether oxygens (including phenoxy) is 3. The molecule has 0 unspecified atom stereocenters. The Hall–Kier alpha value is -3.15. The highest BCUT2D eigenvalue weighted by Crippen LogP contribution is 2.52. The molecular formula is C25H26N2O5S. The lowest BCUT2D eigenvalue weighted by Crippen LogP contribution is -2.48. The molecule has 7 nitrogen and oxygen atoms in total. The zero-order chi connectivity index (χ0) is 23.6. The summed E-state index contributed by atoms with van der Waals surface area (Å²) in [6.45, 7) is 2.60. The molecule has 33 heavy (non-hydrogen) atoms. The molecular weight excluding hydrogens is 440 g/mol. The lowest BCUT2D eigenvalue weighted by Gasteiger charge is -2.38. The van der Waals surface area contributed by atoms with E-state index >= 15 is 0 Å². The maximum Gasteiger partial charge on any atom is 0.231 e. The van der Waals surface area contributed by atoms with Gasteiger partial charge in [-0.15, -0.1) is 11.8 Å². The van der Waals surface area contributed by atoms with Gasteiger partial charge in [0, 0.05) is 17.9 Å². The number of carbonyl (C=O) groups is 1. The zero-order valence-corrected chi connectivity index (χ0v) is 19.6. The SMILES string of the molecule is CCCOc1ccc([C@@H]2CC(=O)N3C(=C2C#N)SC[C@]3(O)c2ccc(OC)cc2)cc1OC. The lowest BCUT2D eigenvalue weighted by molar-refractivity contribution is -0.149. The van der Waals surface area contributed by atoms with Crippen LogP contribution in [0.25, 0.3) is 0 Å². The Kier molecular flexibility index (Phi) is 6.54. The molecule has 0 aromatic heterocycles. The summed E-state index contributed by atoms with van der Waals surface area (Å²) in [6, 6.07) is 14.8. The number of amides is 1. The van der Waals surface area contributed by atoms with E-state index in [0.29, 0.717) is 40.0 Å². The fraction of sp³-hybridized carbons (Fsp3) is 0.360. The first-order valence-corrected chi connectivity index (χ1v) is 11.7. The van der Waals surface area contributed by atoms with Crippen molar-refractivity contribution in [3.05, 3.63) is 64.2 Å². The molecule has 2 aliphatic rings. The average molecular weight is 467 g/mol. The minimum Gasteiger partial charge on any atom is -0.497 e. The number of methoxy groups -OCH3 is 2. The van der Waals surface area contributed by atoms with Crippen molar-refractivity contribution in [2.75, 3.05) is 26.6 Å². The maximum atomic E-state index is 13.3. The number of fused-ring (bicyclic) bond motifs is 1. The normalized spacial score (nSPS) is 22.1. The molecule has 1 N–H and O–H groups in total. The van der Waals surface area contributed by atoms with E-state index < -0.39 is 11.6 Å². The quantitative estimate of drug-likeness (QED) is 0.656. The zero-order valence-electron chi connectivity index (χ0n) is 18.8. The van der Waals surface area contributed by atoms with Crippen molar-refractivity contribution < 1.29 is 24.1 Å². The number of aliphatic hydroxyl groups is 1. The van der Waals surface area contributed by atoms with Gasteiger partial charge in [-0.05, 0) is 36.2 Å². The van der Waals surface area contributed by atoms with E-state index in [0.717, 1.165) is 12.0 Å². The number of rotatable bonds is 7. The number of nitriles is 1. The van der Waals surface area contributed by atoms with E-state index in [1.807, 2.05) is 25.1 Å². The standard InChI is InChI=1S/C25H26N2O5S/c1-4-11-32-21-10-5-16(12-22(21)31-3)19-13-23(28)27-24(20(19)14-26)33-15-25(27,29)17-6-8-18(30-2)9-7-17/h5-10,12,19,29H,4,11,13,15H2,1-3H3/t19-,25-/m0/s1. The summed E-state index contributed by atoms with van der Waals surface area (Å²) >= 11 is 1.32. The summed E-state index contributed by atoms with van der Waals surface area (Å²) in [6.07, 6.45) is 0.945. The summed E-state index contributed by atoms with van der Waals surface area (Å²) in [5.41, 5.74) is 0.321. The molecule has 0 saturated carbocycles. The Morgan fingerprint density at radius 3 is 2.58 bits per heavy atom. The van der Waals surface area contributed by atoms with Crippen LogP contribution < -0.4 is 14.2 Å². The van der Waals surface area contributed by atoms with E-state index in [9.17, 15) is 15.2 Å². The molecule has 2 aromatic carbocycles. The Balaban J connectivity index is 1.72. The number of allylic oxidation sites excluding steroid dienone is 1. The van der Waals surface area contributed by atoms with Crippen molar-refractivity contribution >= 4 is 17.7 Å². The lowest BCUT2D eigenvalue weighted by atomic mass is 9.85. The van der Waals surface area contributed by atoms with Crippen molar-refractivity contribution in [1.82, 2.24) is 4.90 Å². The van der Waals surface area contributed by atoms with Gasteiger partial charge in [0.2, 0.25) is 5.91 Å². The molecule has 1 fully saturated rings. The van der Waals surface area contributed by atoms with Crippen molar-refractivity contribution in [3.63, 3.8) is 0 Å². The van der Waals surface area contributed by atoms with E-state index in [4.69, 9.17) is 14.2 Å². The molecule has 2 aliphatic heterocycles. The maximum absolute atomic E-state index is 13.3. The van der Waals surface area contributed by atoms with E-state index in [1.165, 1.54) is 16.7 Å². The Bertz CT molecular complexity index is 1120. The number of benzene rings is 2. The molecule has 2 heterocycles. The molecule has 0 spiro atoms. The Labute approximate surface area is 197 Å². The van der Waals surface area contributed by atoms with Crippen molar-refractivity contribution in [1.29, 1.82) is 5.26 Å². The van der Waals surface area contributed by atoms with Gasteiger partial charge < -0.3 is 19.3 Å². The second-order valence-corrected chi connectivity index (χ2v) is 8.87. The average Bonchev–Trinajstić information content (AvgIpc) is 3.21. The van der Waals surface area contributed by atoms with Gasteiger partial charge in [-0.2, -0.15) is 5.26 Å². The predicted molar refractivity (Wildman–Crippen MR) is 125 cm³/mol. The van der Waals surface area contributed by atoms with Crippen LogP contribution in [0.4, 0.5) is 0 Å². The van der Waals surface area contributed by atoms with E-state index in [2.05, 4.69) is 6.07 Å². The predicted octanol–water partition coefficient (Wildman–Crippen LogP) is 4.14. The fourth-order valence-corrected chi connectivity index (χ4v) is 5.57. The minimum absolute atomic E-state index is 0.0732. The number of thioether (sulfide) groups is 1.